The van der Waals surface area contributed by atoms with Gasteiger partial charge in [-0.1, -0.05) is 39.7 Å². The molecule has 3 nitrogen and oxygen atoms in total. The minimum atomic E-state index is -0.428. The molecule has 0 unspecified atom stereocenters. The highest BCUT2D eigenvalue weighted by atomic mass is 79.9. The van der Waals surface area contributed by atoms with Gasteiger partial charge in [-0.25, -0.2) is 4.39 Å². The summed E-state index contributed by atoms with van der Waals surface area (Å²) >= 11 is 9.24. The predicted molar refractivity (Wildman–Crippen MR) is 102 cm³/mol. The van der Waals surface area contributed by atoms with E-state index in [9.17, 15) is 9.18 Å². The Hall–Kier alpha value is -2.37. The molecule has 3 rings (SSSR count). The van der Waals surface area contributed by atoms with Crippen molar-refractivity contribution in [1.29, 1.82) is 0 Å². The van der Waals surface area contributed by atoms with Crippen LogP contribution < -0.4 is 4.74 Å². The van der Waals surface area contributed by atoms with E-state index in [2.05, 4.69) is 15.9 Å². The summed E-state index contributed by atoms with van der Waals surface area (Å²) in [7, 11) is 0. The van der Waals surface area contributed by atoms with Crippen LogP contribution in [0.4, 0.5) is 4.39 Å². The van der Waals surface area contributed by atoms with E-state index >= 15 is 0 Å². The van der Waals surface area contributed by atoms with Crippen molar-refractivity contribution >= 4 is 39.4 Å². The third-order valence-corrected chi connectivity index (χ3v) is 4.24. The smallest absolute Gasteiger partial charge is 0.186 e. The number of carbonyl (C=O) groups excluding carboxylic acids is 1. The fourth-order valence-electron chi connectivity index (χ4n) is 2.20. The van der Waals surface area contributed by atoms with Crippen molar-refractivity contribution in [3.63, 3.8) is 0 Å². The van der Waals surface area contributed by atoms with Crippen molar-refractivity contribution in [3.8, 4) is 5.75 Å². The molecule has 0 saturated carbocycles. The molecular formula is C20H13BrClFO3. The molecule has 1 heterocycles. The van der Waals surface area contributed by atoms with Crippen LogP contribution in [-0.4, -0.2) is 5.78 Å². The average molecular weight is 436 g/mol. The third kappa shape index (κ3) is 4.84. The summed E-state index contributed by atoms with van der Waals surface area (Å²) in [6.45, 7) is 0.138. The summed E-state index contributed by atoms with van der Waals surface area (Å²) in [5, 5.41) is 0.191. The minimum Gasteiger partial charge on any atom is -0.484 e. The van der Waals surface area contributed by atoms with Crippen LogP contribution in [0.15, 0.2) is 69.6 Å². The number of allylic oxidation sites excluding steroid dienone is 1. The number of halogens is 3. The van der Waals surface area contributed by atoms with Crippen LogP contribution >= 0.6 is 27.5 Å². The summed E-state index contributed by atoms with van der Waals surface area (Å²) in [6, 6.07) is 14.5. The molecule has 0 amide bonds. The fraction of sp³-hybridized carbons (Fsp3) is 0.0500. The standard InChI is InChI=1S/C20H13BrClFO3/c21-14-3-1-2-13(10-14)19(24)8-7-16-5-6-17(26-16)12-25-20-9-4-15(23)11-18(20)22/h1-11H,12H2/b8-7+. The molecule has 0 atom stereocenters. The maximum atomic E-state index is 13.0. The fourth-order valence-corrected chi connectivity index (χ4v) is 2.82. The lowest BCUT2D eigenvalue weighted by molar-refractivity contribution is 0.104. The SMILES string of the molecule is O=C(/C=C/c1ccc(COc2ccc(F)cc2Cl)o1)c1cccc(Br)c1. The van der Waals surface area contributed by atoms with E-state index in [1.807, 2.05) is 6.07 Å². The van der Waals surface area contributed by atoms with E-state index in [-0.39, 0.29) is 17.4 Å². The van der Waals surface area contributed by atoms with E-state index in [0.29, 0.717) is 22.8 Å². The van der Waals surface area contributed by atoms with Crippen LogP contribution in [0.3, 0.4) is 0 Å². The zero-order valence-electron chi connectivity index (χ0n) is 13.4. The molecule has 0 radical (unpaired) electrons. The second-order valence-electron chi connectivity index (χ2n) is 5.38. The number of furan rings is 1. The third-order valence-electron chi connectivity index (χ3n) is 3.45. The lowest BCUT2D eigenvalue weighted by atomic mass is 10.1. The highest BCUT2D eigenvalue weighted by molar-refractivity contribution is 9.10. The van der Waals surface area contributed by atoms with Crippen molar-refractivity contribution in [1.82, 2.24) is 0 Å². The molecule has 0 saturated heterocycles. The second kappa shape index (κ2) is 8.34. The van der Waals surface area contributed by atoms with Crippen molar-refractivity contribution in [2.24, 2.45) is 0 Å². The largest absolute Gasteiger partial charge is 0.484 e. The minimum absolute atomic E-state index is 0.126. The van der Waals surface area contributed by atoms with E-state index in [0.717, 1.165) is 4.47 Å². The molecule has 2 aromatic carbocycles. The Kier molecular flexibility index (Phi) is 5.91. The molecule has 1 aromatic heterocycles. The van der Waals surface area contributed by atoms with E-state index in [4.69, 9.17) is 20.8 Å². The zero-order chi connectivity index (χ0) is 18.5. The van der Waals surface area contributed by atoms with Gasteiger partial charge in [0.25, 0.3) is 0 Å². The molecule has 0 aliphatic rings. The molecule has 0 fully saturated rings. The van der Waals surface area contributed by atoms with Gasteiger partial charge in [-0.15, -0.1) is 0 Å². The van der Waals surface area contributed by atoms with Gasteiger partial charge < -0.3 is 9.15 Å². The second-order valence-corrected chi connectivity index (χ2v) is 6.70. The van der Waals surface area contributed by atoms with Crippen LogP contribution in [0.25, 0.3) is 6.08 Å². The van der Waals surface area contributed by atoms with Crippen molar-refractivity contribution in [2.75, 3.05) is 0 Å². The topological polar surface area (TPSA) is 39.4 Å². The Morgan fingerprint density at radius 1 is 1.19 bits per heavy atom. The number of benzene rings is 2. The highest BCUT2D eigenvalue weighted by Gasteiger charge is 2.07. The average Bonchev–Trinajstić information content (AvgIpc) is 3.07. The molecule has 0 spiro atoms. The molecule has 3 aromatic rings. The van der Waals surface area contributed by atoms with Gasteiger partial charge in [0.2, 0.25) is 0 Å². The number of carbonyl (C=O) groups is 1. The quantitative estimate of drug-likeness (QED) is 0.336. The number of hydrogen-bond acceptors (Lipinski definition) is 3. The molecule has 0 bridgehead atoms. The summed E-state index contributed by atoms with van der Waals surface area (Å²) in [4.78, 5) is 12.1. The van der Waals surface area contributed by atoms with Crippen molar-refractivity contribution in [2.45, 2.75) is 6.61 Å². The first-order valence-corrected chi connectivity index (χ1v) is 8.83. The number of rotatable bonds is 6. The Balaban J connectivity index is 1.61. The number of ether oxygens (including phenoxy) is 1. The first kappa shape index (κ1) is 18.4. The Bertz CT molecular complexity index is 965. The Morgan fingerprint density at radius 3 is 2.81 bits per heavy atom. The maximum absolute atomic E-state index is 13.0. The van der Waals surface area contributed by atoms with Crippen molar-refractivity contribution < 1.29 is 18.3 Å². The first-order chi connectivity index (χ1) is 12.5. The van der Waals surface area contributed by atoms with Gasteiger partial charge >= 0.3 is 0 Å². The lowest BCUT2D eigenvalue weighted by Crippen LogP contribution is -1.94. The van der Waals surface area contributed by atoms with Crippen LogP contribution in [-0.2, 0) is 6.61 Å². The van der Waals surface area contributed by atoms with Gasteiger partial charge in [0.15, 0.2) is 5.78 Å². The lowest BCUT2D eigenvalue weighted by Gasteiger charge is -2.05. The number of hydrogen-bond donors (Lipinski definition) is 0. The summed E-state index contributed by atoms with van der Waals surface area (Å²) in [5.74, 6) is 0.893. The highest BCUT2D eigenvalue weighted by Crippen LogP contribution is 2.26. The molecule has 0 aliphatic carbocycles. The molecule has 6 heteroatoms. The normalized spacial score (nSPS) is 11.0. The monoisotopic (exact) mass is 434 g/mol. The van der Waals surface area contributed by atoms with Gasteiger partial charge in [-0.05, 0) is 54.6 Å². The zero-order valence-corrected chi connectivity index (χ0v) is 15.8. The van der Waals surface area contributed by atoms with Crippen LogP contribution in [0.1, 0.15) is 21.9 Å². The maximum Gasteiger partial charge on any atom is 0.186 e. The molecule has 132 valence electrons. The van der Waals surface area contributed by atoms with Gasteiger partial charge in [0, 0.05) is 10.0 Å². The first-order valence-electron chi connectivity index (χ1n) is 7.66. The predicted octanol–water partition coefficient (Wildman–Crippen LogP) is 6.31. The molecule has 26 heavy (non-hydrogen) atoms. The van der Waals surface area contributed by atoms with Crippen LogP contribution in [0, 0.1) is 5.82 Å². The van der Waals surface area contributed by atoms with E-state index in [1.165, 1.54) is 24.3 Å². The summed E-state index contributed by atoms with van der Waals surface area (Å²) in [6.07, 6.45) is 3.04. The van der Waals surface area contributed by atoms with Gasteiger partial charge in [-0.2, -0.15) is 0 Å². The van der Waals surface area contributed by atoms with Crippen molar-refractivity contribution in [3.05, 3.63) is 93.1 Å². The molecule has 0 aliphatic heterocycles. The number of ketones is 1. The van der Waals surface area contributed by atoms with Gasteiger partial charge in [-0.3, -0.25) is 4.79 Å². The summed E-state index contributed by atoms with van der Waals surface area (Å²) in [5.41, 5.74) is 0.580. The Labute approximate surface area is 163 Å². The van der Waals surface area contributed by atoms with Gasteiger partial charge in [0.05, 0.1) is 5.02 Å². The molecular weight excluding hydrogens is 423 g/mol. The van der Waals surface area contributed by atoms with Gasteiger partial charge in [0.1, 0.15) is 29.7 Å². The Morgan fingerprint density at radius 2 is 2.04 bits per heavy atom. The molecule has 0 N–H and O–H groups in total. The van der Waals surface area contributed by atoms with Crippen LogP contribution in [0.5, 0.6) is 5.75 Å². The summed E-state index contributed by atoms with van der Waals surface area (Å²) < 4.78 is 25.0. The van der Waals surface area contributed by atoms with E-state index < -0.39 is 5.82 Å². The van der Waals surface area contributed by atoms with E-state index in [1.54, 1.807) is 36.4 Å². The van der Waals surface area contributed by atoms with Crippen LogP contribution in [0.2, 0.25) is 5.02 Å².